The predicted octanol–water partition coefficient (Wildman–Crippen LogP) is 1.65. The molecule has 1 atom stereocenters. The molecule has 1 rings (SSSR count). The van der Waals surface area contributed by atoms with Gasteiger partial charge in [0, 0.05) is 6.54 Å². The summed E-state index contributed by atoms with van der Waals surface area (Å²) in [7, 11) is 3.96. The molecule has 1 aliphatic rings. The monoisotopic (exact) mass is 256 g/mol. The van der Waals surface area contributed by atoms with Crippen molar-refractivity contribution in [1.82, 2.24) is 10.2 Å². The Bertz CT molecular complexity index is 267. The maximum Gasteiger partial charge on any atom is 0.327 e. The molecule has 1 N–H and O–H groups in total. The number of ether oxygens (including phenoxy) is 1. The van der Waals surface area contributed by atoms with E-state index in [0.717, 1.165) is 25.9 Å². The second-order valence-corrected chi connectivity index (χ2v) is 5.31. The summed E-state index contributed by atoms with van der Waals surface area (Å²) in [6, 6.07) is 0. The van der Waals surface area contributed by atoms with Crippen LogP contribution in [0.15, 0.2) is 0 Å². The molecule has 0 bridgehead atoms. The third kappa shape index (κ3) is 3.69. The molecule has 1 saturated carbocycles. The van der Waals surface area contributed by atoms with Gasteiger partial charge in [0.2, 0.25) is 0 Å². The van der Waals surface area contributed by atoms with Gasteiger partial charge in [-0.15, -0.1) is 0 Å². The highest BCUT2D eigenvalue weighted by Gasteiger charge is 2.51. The number of carbonyl (C=O) groups excluding carboxylic acids is 1. The number of nitrogens with zero attached hydrogens (tertiary/aromatic N) is 1. The Morgan fingerprint density at radius 1 is 1.44 bits per heavy atom. The summed E-state index contributed by atoms with van der Waals surface area (Å²) in [4.78, 5) is 14.5. The first-order valence-electron chi connectivity index (χ1n) is 7.15. The largest absolute Gasteiger partial charge is 0.465 e. The molecule has 1 unspecified atom stereocenters. The molecule has 4 nitrogen and oxygen atoms in total. The molecule has 0 saturated heterocycles. The standard InChI is InChI=1S/C14H28N2O2/c1-5-7-10-16(4)11-14(15-3,12-8-9-12)13(17)18-6-2/h12,15H,5-11H2,1-4H3. The van der Waals surface area contributed by atoms with Crippen LogP contribution in [0.5, 0.6) is 0 Å². The molecule has 0 aliphatic heterocycles. The fourth-order valence-corrected chi connectivity index (χ4v) is 2.51. The quantitative estimate of drug-likeness (QED) is 0.637. The highest BCUT2D eigenvalue weighted by atomic mass is 16.5. The molecule has 0 amide bonds. The lowest BCUT2D eigenvalue weighted by atomic mass is 9.92. The first-order chi connectivity index (χ1) is 8.60. The Morgan fingerprint density at radius 2 is 2.11 bits per heavy atom. The van der Waals surface area contributed by atoms with E-state index >= 15 is 0 Å². The number of carbonyl (C=O) groups is 1. The molecular weight excluding hydrogens is 228 g/mol. The molecule has 18 heavy (non-hydrogen) atoms. The van der Waals surface area contributed by atoms with E-state index in [0.29, 0.717) is 12.5 Å². The highest BCUT2D eigenvalue weighted by Crippen LogP contribution is 2.40. The van der Waals surface area contributed by atoms with Crippen LogP contribution in [0.25, 0.3) is 0 Å². The number of hydrogen-bond acceptors (Lipinski definition) is 4. The number of likely N-dealkylation sites (N-methyl/N-ethyl adjacent to an activating group) is 2. The minimum Gasteiger partial charge on any atom is -0.465 e. The van der Waals surface area contributed by atoms with Gasteiger partial charge in [0.05, 0.1) is 6.61 Å². The zero-order valence-electron chi connectivity index (χ0n) is 12.3. The van der Waals surface area contributed by atoms with Crippen LogP contribution in [-0.2, 0) is 9.53 Å². The summed E-state index contributed by atoms with van der Waals surface area (Å²) in [5.41, 5.74) is -0.501. The number of nitrogens with one attached hydrogen (secondary N) is 1. The summed E-state index contributed by atoms with van der Waals surface area (Å²) < 4.78 is 5.28. The SMILES string of the molecule is CCCCN(C)CC(NC)(C(=O)OCC)C1CC1. The van der Waals surface area contributed by atoms with Crippen LogP contribution in [0.4, 0.5) is 0 Å². The fourth-order valence-electron chi connectivity index (χ4n) is 2.51. The van der Waals surface area contributed by atoms with Crippen molar-refractivity contribution in [3.05, 3.63) is 0 Å². The summed E-state index contributed by atoms with van der Waals surface area (Å²) >= 11 is 0. The normalized spacial score (nSPS) is 18.7. The molecule has 0 aromatic carbocycles. The topological polar surface area (TPSA) is 41.6 Å². The van der Waals surface area contributed by atoms with Gasteiger partial charge in [-0.2, -0.15) is 0 Å². The summed E-state index contributed by atoms with van der Waals surface area (Å²) in [6.07, 6.45) is 4.60. The molecular formula is C14H28N2O2. The molecule has 4 heteroatoms. The summed E-state index contributed by atoms with van der Waals surface area (Å²) in [5.74, 6) is 0.351. The lowest BCUT2D eigenvalue weighted by Gasteiger charge is -2.35. The lowest BCUT2D eigenvalue weighted by molar-refractivity contribution is -0.153. The van der Waals surface area contributed by atoms with E-state index in [1.165, 1.54) is 12.8 Å². The van der Waals surface area contributed by atoms with Crippen molar-refractivity contribution in [2.24, 2.45) is 5.92 Å². The minimum atomic E-state index is -0.501. The van der Waals surface area contributed by atoms with E-state index in [1.807, 2.05) is 14.0 Å². The average molecular weight is 256 g/mol. The van der Waals surface area contributed by atoms with Gasteiger partial charge in [0.1, 0.15) is 5.54 Å². The summed E-state index contributed by atoms with van der Waals surface area (Å²) in [6.45, 7) is 6.28. The third-order valence-corrected chi connectivity index (χ3v) is 3.77. The number of unbranched alkanes of at least 4 members (excludes halogenated alkanes) is 1. The van der Waals surface area contributed by atoms with Crippen molar-refractivity contribution in [3.63, 3.8) is 0 Å². The molecule has 1 fully saturated rings. The Morgan fingerprint density at radius 3 is 2.56 bits per heavy atom. The van der Waals surface area contributed by atoms with Crippen molar-refractivity contribution in [2.45, 2.75) is 45.1 Å². The van der Waals surface area contributed by atoms with Gasteiger partial charge in [-0.25, -0.2) is 4.79 Å². The van der Waals surface area contributed by atoms with E-state index in [2.05, 4.69) is 24.2 Å². The van der Waals surface area contributed by atoms with Crippen LogP contribution in [-0.4, -0.2) is 50.2 Å². The highest BCUT2D eigenvalue weighted by molar-refractivity contribution is 5.82. The molecule has 106 valence electrons. The Labute approximate surface area is 111 Å². The van der Waals surface area contributed by atoms with E-state index in [-0.39, 0.29) is 5.97 Å². The first kappa shape index (κ1) is 15.4. The Balaban J connectivity index is 2.67. The van der Waals surface area contributed by atoms with Crippen LogP contribution in [0.2, 0.25) is 0 Å². The van der Waals surface area contributed by atoms with Crippen LogP contribution >= 0.6 is 0 Å². The van der Waals surface area contributed by atoms with Crippen molar-refractivity contribution < 1.29 is 9.53 Å². The number of esters is 1. The minimum absolute atomic E-state index is 0.0849. The van der Waals surface area contributed by atoms with Gasteiger partial charge in [-0.3, -0.25) is 0 Å². The van der Waals surface area contributed by atoms with Gasteiger partial charge < -0.3 is 15.0 Å². The fraction of sp³-hybridized carbons (Fsp3) is 0.929. The maximum atomic E-state index is 12.3. The maximum absolute atomic E-state index is 12.3. The molecule has 0 aromatic rings. The zero-order valence-corrected chi connectivity index (χ0v) is 12.3. The van der Waals surface area contributed by atoms with Crippen molar-refractivity contribution in [1.29, 1.82) is 0 Å². The number of rotatable bonds is 9. The number of hydrogen-bond donors (Lipinski definition) is 1. The van der Waals surface area contributed by atoms with Crippen LogP contribution in [0, 0.1) is 5.92 Å². The summed E-state index contributed by atoms with van der Waals surface area (Å²) in [5, 5.41) is 3.25. The van der Waals surface area contributed by atoms with Crippen molar-refractivity contribution in [3.8, 4) is 0 Å². The second-order valence-electron chi connectivity index (χ2n) is 5.31. The zero-order chi connectivity index (χ0) is 13.6. The predicted molar refractivity (Wildman–Crippen MR) is 73.6 cm³/mol. The van der Waals surface area contributed by atoms with Crippen molar-refractivity contribution >= 4 is 5.97 Å². The molecule has 0 spiro atoms. The van der Waals surface area contributed by atoms with Crippen LogP contribution in [0.3, 0.4) is 0 Å². The van der Waals surface area contributed by atoms with Crippen molar-refractivity contribution in [2.75, 3.05) is 33.8 Å². The molecule has 0 aromatic heterocycles. The van der Waals surface area contributed by atoms with Crippen LogP contribution < -0.4 is 5.32 Å². The van der Waals surface area contributed by atoms with E-state index < -0.39 is 5.54 Å². The van der Waals surface area contributed by atoms with Gasteiger partial charge in [-0.05, 0) is 52.7 Å². The Hall–Kier alpha value is -0.610. The second kappa shape index (κ2) is 7.10. The molecule has 0 radical (unpaired) electrons. The Kier molecular flexibility index (Phi) is 6.09. The van der Waals surface area contributed by atoms with E-state index in [9.17, 15) is 4.79 Å². The molecule has 1 aliphatic carbocycles. The first-order valence-corrected chi connectivity index (χ1v) is 7.15. The lowest BCUT2D eigenvalue weighted by Crippen LogP contribution is -2.59. The van der Waals surface area contributed by atoms with E-state index in [4.69, 9.17) is 4.74 Å². The smallest absolute Gasteiger partial charge is 0.327 e. The van der Waals surface area contributed by atoms with Gasteiger partial charge in [0.25, 0.3) is 0 Å². The van der Waals surface area contributed by atoms with Crippen LogP contribution in [0.1, 0.15) is 39.5 Å². The van der Waals surface area contributed by atoms with Gasteiger partial charge in [0.15, 0.2) is 0 Å². The van der Waals surface area contributed by atoms with Gasteiger partial charge in [-0.1, -0.05) is 13.3 Å². The third-order valence-electron chi connectivity index (χ3n) is 3.77. The molecule has 0 heterocycles. The van der Waals surface area contributed by atoms with E-state index in [1.54, 1.807) is 0 Å². The van der Waals surface area contributed by atoms with Gasteiger partial charge >= 0.3 is 5.97 Å². The average Bonchev–Trinajstić information content (AvgIpc) is 3.18.